The minimum absolute atomic E-state index is 0.0102. The van der Waals surface area contributed by atoms with Crippen molar-refractivity contribution in [3.05, 3.63) is 82.1 Å². The van der Waals surface area contributed by atoms with Gasteiger partial charge in [-0.2, -0.15) is 0 Å². The Labute approximate surface area is 199 Å². The molecule has 2 N–H and O–H groups in total. The molecule has 3 aromatic carbocycles. The van der Waals surface area contributed by atoms with Gasteiger partial charge in [-0.15, -0.1) is 0 Å². The van der Waals surface area contributed by atoms with Crippen LogP contribution in [-0.2, 0) is 10.0 Å². The zero-order valence-corrected chi connectivity index (χ0v) is 19.2. The summed E-state index contributed by atoms with van der Waals surface area (Å²) >= 11 is 11.8. The summed E-state index contributed by atoms with van der Waals surface area (Å²) in [4.78, 5) is 12.6. The predicted octanol–water partition coefficient (Wildman–Crippen LogP) is 4.33. The highest BCUT2D eigenvalue weighted by Crippen LogP contribution is 2.39. The molecule has 1 atom stereocenters. The van der Waals surface area contributed by atoms with Crippen molar-refractivity contribution in [3.63, 3.8) is 0 Å². The lowest BCUT2D eigenvalue weighted by molar-refractivity contribution is 0.102. The molecule has 0 saturated carbocycles. The molecule has 1 amide bonds. The van der Waals surface area contributed by atoms with E-state index in [1.807, 2.05) is 0 Å². The zero-order chi connectivity index (χ0) is 23.8. The monoisotopic (exact) mass is 510 g/mol. The highest BCUT2D eigenvalue weighted by molar-refractivity contribution is 7.92. The van der Waals surface area contributed by atoms with Crippen LogP contribution in [0.4, 0.5) is 15.8 Å². The van der Waals surface area contributed by atoms with Gasteiger partial charge >= 0.3 is 0 Å². The normalized spacial score (nSPS) is 15.5. The number of hydrogen-bond donors (Lipinski definition) is 2. The first-order valence-corrected chi connectivity index (χ1v) is 11.9. The summed E-state index contributed by atoms with van der Waals surface area (Å²) in [6, 6.07) is 13.8. The van der Waals surface area contributed by atoms with Crippen molar-refractivity contribution < 1.29 is 27.4 Å². The maximum atomic E-state index is 14.1. The van der Waals surface area contributed by atoms with Crippen molar-refractivity contribution in [2.24, 2.45) is 0 Å². The van der Waals surface area contributed by atoms with E-state index in [2.05, 4.69) is 5.32 Å². The highest BCUT2D eigenvalue weighted by Gasteiger charge is 2.34. The molecule has 0 bridgehead atoms. The molecule has 1 unspecified atom stereocenters. The molecule has 4 rings (SSSR count). The van der Waals surface area contributed by atoms with Crippen LogP contribution in [0.25, 0.3) is 0 Å². The molecule has 1 aliphatic heterocycles. The van der Waals surface area contributed by atoms with Crippen LogP contribution in [-0.4, -0.2) is 38.7 Å². The molecule has 0 saturated heterocycles. The molecule has 1 heterocycles. The number of sulfonamides is 1. The number of halogens is 3. The van der Waals surface area contributed by atoms with Crippen LogP contribution >= 0.6 is 23.2 Å². The topological polar surface area (TPSA) is 95.9 Å². The number of anilines is 2. The van der Waals surface area contributed by atoms with Crippen LogP contribution in [0.3, 0.4) is 0 Å². The van der Waals surface area contributed by atoms with Gasteiger partial charge in [0.05, 0.1) is 34.3 Å². The number of amides is 1. The van der Waals surface area contributed by atoms with Gasteiger partial charge in [0.1, 0.15) is 17.7 Å². The number of nitrogens with one attached hydrogen (secondary N) is 1. The van der Waals surface area contributed by atoms with E-state index < -0.39 is 34.5 Å². The van der Waals surface area contributed by atoms with E-state index in [9.17, 15) is 22.7 Å². The molecule has 11 heteroatoms. The van der Waals surface area contributed by atoms with Gasteiger partial charge in [-0.05, 0) is 54.6 Å². The predicted molar refractivity (Wildman–Crippen MR) is 123 cm³/mol. The van der Waals surface area contributed by atoms with E-state index in [0.29, 0.717) is 5.02 Å². The Hall–Kier alpha value is -2.85. The average Bonchev–Trinajstić information content (AvgIpc) is 2.78. The van der Waals surface area contributed by atoms with Crippen LogP contribution in [0, 0.1) is 5.82 Å². The minimum atomic E-state index is -4.06. The van der Waals surface area contributed by atoms with Gasteiger partial charge in [0.25, 0.3) is 15.9 Å². The van der Waals surface area contributed by atoms with Gasteiger partial charge < -0.3 is 15.2 Å². The third kappa shape index (κ3) is 4.63. The first kappa shape index (κ1) is 23.3. The molecule has 33 heavy (non-hydrogen) atoms. The number of aliphatic hydroxyl groups excluding tert-OH is 1. The lowest BCUT2D eigenvalue weighted by Crippen LogP contribution is -2.45. The number of ether oxygens (including phenoxy) is 1. The fraction of sp³-hybridized carbons (Fsp3) is 0.136. The van der Waals surface area contributed by atoms with Crippen molar-refractivity contribution in [1.29, 1.82) is 0 Å². The minimum Gasteiger partial charge on any atom is -0.484 e. The number of hydrogen-bond acceptors (Lipinski definition) is 5. The Morgan fingerprint density at radius 1 is 1.15 bits per heavy atom. The molecule has 0 aliphatic carbocycles. The maximum absolute atomic E-state index is 14.1. The fourth-order valence-corrected chi connectivity index (χ4v) is 5.23. The molecule has 172 valence electrons. The largest absolute Gasteiger partial charge is 0.484 e. The van der Waals surface area contributed by atoms with E-state index in [0.717, 1.165) is 10.4 Å². The van der Waals surface area contributed by atoms with Crippen LogP contribution in [0.15, 0.2) is 65.6 Å². The van der Waals surface area contributed by atoms with Crippen molar-refractivity contribution in [2.45, 2.75) is 11.0 Å². The molecule has 7 nitrogen and oxygen atoms in total. The number of aliphatic hydroxyl groups is 1. The molecule has 3 aromatic rings. The number of fused-ring (bicyclic) bond motifs is 1. The van der Waals surface area contributed by atoms with Crippen molar-refractivity contribution in [3.8, 4) is 5.75 Å². The van der Waals surface area contributed by atoms with Crippen LogP contribution < -0.4 is 14.4 Å². The van der Waals surface area contributed by atoms with Gasteiger partial charge in [0.2, 0.25) is 0 Å². The standard InChI is InChI=1S/C22H17Cl2FN2O5S/c23-13-4-7-16(8-5-13)33(30,31)27-11-15(12-28)32-20-9-6-14(10-19(20)27)26-22(29)21-17(24)2-1-3-18(21)25/h1-10,15,28H,11-12H2,(H,26,29). The van der Waals surface area contributed by atoms with Crippen LogP contribution in [0.1, 0.15) is 10.4 Å². The van der Waals surface area contributed by atoms with Crippen molar-refractivity contribution in [1.82, 2.24) is 0 Å². The third-order valence-electron chi connectivity index (χ3n) is 4.94. The molecular formula is C22H17Cl2FN2O5S. The second-order valence-corrected chi connectivity index (χ2v) is 9.85. The second-order valence-electron chi connectivity index (χ2n) is 7.15. The Morgan fingerprint density at radius 2 is 1.88 bits per heavy atom. The summed E-state index contributed by atoms with van der Waals surface area (Å²) < 4.78 is 47.6. The lowest BCUT2D eigenvalue weighted by atomic mass is 10.1. The average molecular weight is 511 g/mol. The summed E-state index contributed by atoms with van der Waals surface area (Å²) in [5.41, 5.74) is 0.00614. The molecule has 0 radical (unpaired) electrons. The van der Waals surface area contributed by atoms with E-state index >= 15 is 0 Å². The lowest BCUT2D eigenvalue weighted by Gasteiger charge is -2.35. The first-order chi connectivity index (χ1) is 15.7. The Balaban J connectivity index is 1.72. The Morgan fingerprint density at radius 3 is 2.55 bits per heavy atom. The number of carbonyl (C=O) groups is 1. The summed E-state index contributed by atoms with van der Waals surface area (Å²) in [7, 11) is -4.06. The molecular weight excluding hydrogens is 494 g/mol. The summed E-state index contributed by atoms with van der Waals surface area (Å²) in [6.07, 6.45) is -0.794. The van der Waals surface area contributed by atoms with Gasteiger partial charge in [0.15, 0.2) is 0 Å². The SMILES string of the molecule is O=C(Nc1ccc2c(c1)N(S(=O)(=O)c1ccc(Cl)cc1)CC(CO)O2)c1c(F)cccc1Cl. The first-order valence-electron chi connectivity index (χ1n) is 9.66. The molecule has 1 aliphatic rings. The number of nitrogens with zero attached hydrogens (tertiary/aromatic N) is 1. The quantitative estimate of drug-likeness (QED) is 0.532. The van der Waals surface area contributed by atoms with Gasteiger partial charge in [-0.3, -0.25) is 9.10 Å². The molecule has 0 spiro atoms. The van der Waals surface area contributed by atoms with Crippen molar-refractivity contribution >= 4 is 50.5 Å². The Kier molecular flexibility index (Phi) is 6.49. The summed E-state index contributed by atoms with van der Waals surface area (Å²) in [6.45, 7) is -0.568. The van der Waals surface area contributed by atoms with E-state index in [-0.39, 0.29) is 39.2 Å². The maximum Gasteiger partial charge on any atom is 0.264 e. The van der Waals surface area contributed by atoms with E-state index in [1.165, 1.54) is 54.6 Å². The van der Waals surface area contributed by atoms with Crippen LogP contribution in [0.5, 0.6) is 5.75 Å². The highest BCUT2D eigenvalue weighted by atomic mass is 35.5. The molecule has 0 fully saturated rings. The third-order valence-corrected chi connectivity index (χ3v) is 7.30. The second kappa shape index (κ2) is 9.18. The number of benzene rings is 3. The van der Waals surface area contributed by atoms with E-state index in [1.54, 1.807) is 0 Å². The van der Waals surface area contributed by atoms with Gasteiger partial charge in [0, 0.05) is 10.7 Å². The summed E-state index contributed by atoms with van der Waals surface area (Å²) in [5.74, 6) is -1.39. The van der Waals surface area contributed by atoms with Gasteiger partial charge in [-0.25, -0.2) is 12.8 Å². The van der Waals surface area contributed by atoms with E-state index in [4.69, 9.17) is 27.9 Å². The molecule has 0 aromatic heterocycles. The summed E-state index contributed by atoms with van der Waals surface area (Å²) in [5, 5.41) is 12.4. The Bertz CT molecular complexity index is 1300. The van der Waals surface area contributed by atoms with Crippen molar-refractivity contribution in [2.75, 3.05) is 22.8 Å². The fourth-order valence-electron chi connectivity index (χ4n) is 3.35. The van der Waals surface area contributed by atoms with Gasteiger partial charge in [-0.1, -0.05) is 29.3 Å². The zero-order valence-electron chi connectivity index (χ0n) is 16.8. The van der Waals surface area contributed by atoms with Crippen LogP contribution in [0.2, 0.25) is 10.0 Å². The smallest absolute Gasteiger partial charge is 0.264 e. The number of carbonyl (C=O) groups excluding carboxylic acids is 1. The number of rotatable bonds is 5.